The van der Waals surface area contributed by atoms with E-state index in [9.17, 15) is 10.5 Å². The van der Waals surface area contributed by atoms with Crippen LogP contribution in [0.4, 0.5) is 8.78 Å². The lowest BCUT2D eigenvalue weighted by Gasteiger charge is -2.11. The first-order chi connectivity index (χ1) is 24.9. The molecule has 0 bridgehead atoms. The fourth-order valence-corrected chi connectivity index (χ4v) is 11.8. The Balaban J connectivity index is 1.31. The van der Waals surface area contributed by atoms with Gasteiger partial charge >= 0.3 is 0 Å². The molecule has 0 N–H and O–H groups in total. The molecule has 0 atom stereocenters. The van der Waals surface area contributed by atoms with Gasteiger partial charge in [-0.1, -0.05) is 87.3 Å². The quantitative estimate of drug-likeness (QED) is 0.0912. The number of hydrogen-bond acceptors (Lipinski definition) is 9. The summed E-state index contributed by atoms with van der Waals surface area (Å²) in [6, 6.07) is 23.0. The maximum Gasteiger partial charge on any atom is 0.150 e. The van der Waals surface area contributed by atoms with Gasteiger partial charge in [-0.2, -0.15) is 19.3 Å². The first kappa shape index (κ1) is 35.6. The van der Waals surface area contributed by atoms with E-state index in [0.29, 0.717) is 26.4 Å². The third-order valence-electron chi connectivity index (χ3n) is 8.88. The highest BCUT2D eigenvalue weighted by atomic mass is 32.2. The molecule has 256 valence electrons. The van der Waals surface area contributed by atoms with Crippen molar-refractivity contribution < 1.29 is 8.78 Å². The zero-order valence-electron chi connectivity index (χ0n) is 28.0. The van der Waals surface area contributed by atoms with E-state index in [1.54, 1.807) is 12.1 Å². The molecule has 6 aromatic rings. The van der Waals surface area contributed by atoms with Crippen LogP contribution in [-0.2, 0) is 12.8 Å². The topological polar surface area (TPSA) is 73.4 Å². The molecule has 1 aliphatic heterocycles. The number of aryl methyl sites for hydroxylation is 2. The fourth-order valence-electron chi connectivity index (χ4n) is 6.26. The third-order valence-corrected chi connectivity index (χ3v) is 14.3. The van der Waals surface area contributed by atoms with Crippen LogP contribution in [0.5, 0.6) is 0 Å². The van der Waals surface area contributed by atoms with Crippen molar-refractivity contribution in [2.45, 2.75) is 75.0 Å². The number of fused-ring (bicyclic) bond motifs is 2. The number of thiophene rings is 2. The van der Waals surface area contributed by atoms with Gasteiger partial charge in [-0.25, -0.2) is 8.78 Å². The van der Waals surface area contributed by atoms with Gasteiger partial charge in [0.25, 0.3) is 0 Å². The van der Waals surface area contributed by atoms with Gasteiger partial charge < -0.3 is 0 Å². The lowest BCUT2D eigenvalue weighted by Crippen LogP contribution is -1.89. The van der Waals surface area contributed by atoms with E-state index in [1.165, 1.54) is 46.2 Å². The van der Waals surface area contributed by atoms with Gasteiger partial charge in [-0.15, -0.1) is 22.7 Å². The van der Waals surface area contributed by atoms with Gasteiger partial charge in [-0.05, 0) is 73.2 Å². The minimum Gasteiger partial charge on any atom is -0.206 e. The molecule has 4 nitrogen and oxygen atoms in total. The van der Waals surface area contributed by atoms with Crippen LogP contribution in [-0.4, -0.2) is 8.75 Å². The number of nitrogens with zero attached hydrogens (tertiary/aromatic N) is 4. The van der Waals surface area contributed by atoms with Crippen molar-refractivity contribution >= 4 is 69.0 Å². The summed E-state index contributed by atoms with van der Waals surface area (Å²) in [7, 11) is 0. The molecule has 51 heavy (non-hydrogen) atoms. The van der Waals surface area contributed by atoms with Crippen molar-refractivity contribution in [3.05, 3.63) is 93.2 Å². The van der Waals surface area contributed by atoms with Crippen molar-refractivity contribution in [2.75, 3.05) is 0 Å². The standard InChI is InChI=1S/C40H32F2N4S5/c1-3-5-7-9-23-11-13-26(28(41)19-23)30-15-17-32(47-30)34-36-37(46-51-45-36)35(39-38(34)49-40(50-39)25(21-43)22-44)33-18-16-31(48-33)27-14-12-24(20-29(27)42)10-8-6-4-2/h11-20H,3-10H2,1-2H3. The molecular formula is C40H32F2N4S5. The van der Waals surface area contributed by atoms with E-state index in [2.05, 4.69) is 26.0 Å². The Bertz CT molecular complexity index is 2210. The number of unbranched alkanes of at least 4 members (excludes halogenated alkanes) is 4. The van der Waals surface area contributed by atoms with E-state index >= 15 is 8.78 Å². The van der Waals surface area contributed by atoms with Crippen LogP contribution in [0.15, 0.2) is 80.3 Å². The van der Waals surface area contributed by atoms with Crippen LogP contribution in [0, 0.1) is 34.3 Å². The molecule has 0 amide bonds. The second-order valence-corrected chi connectivity index (χ2v) is 17.3. The molecule has 0 unspecified atom stereocenters. The zero-order valence-corrected chi connectivity index (χ0v) is 32.1. The number of benzene rings is 3. The first-order valence-corrected chi connectivity index (χ1v) is 20.9. The number of thioether (sulfide) groups is 2. The van der Waals surface area contributed by atoms with Gasteiger partial charge in [0, 0.05) is 51.6 Å². The Morgan fingerprint density at radius 1 is 0.627 bits per heavy atom. The predicted octanol–water partition coefficient (Wildman–Crippen LogP) is 13.7. The van der Waals surface area contributed by atoms with Crippen molar-refractivity contribution in [3.63, 3.8) is 0 Å². The molecule has 0 saturated carbocycles. The number of aromatic nitrogens is 2. The Morgan fingerprint density at radius 2 is 1.08 bits per heavy atom. The SMILES string of the molecule is CCCCCc1ccc(-c2ccc(-c3c4c(c(-c5ccc(-c6ccc(CCCCC)cc6F)s5)c5nsnc35)SC(=C(C#N)C#N)S4)s2)c(F)c1. The second-order valence-electron chi connectivity index (χ2n) is 12.3. The zero-order chi connectivity index (χ0) is 35.5. The Morgan fingerprint density at radius 3 is 1.49 bits per heavy atom. The van der Waals surface area contributed by atoms with E-state index < -0.39 is 0 Å². The van der Waals surface area contributed by atoms with Crippen LogP contribution in [0.1, 0.15) is 63.5 Å². The summed E-state index contributed by atoms with van der Waals surface area (Å²) in [4.78, 5) is 5.17. The maximum atomic E-state index is 15.5. The van der Waals surface area contributed by atoms with Crippen molar-refractivity contribution in [1.29, 1.82) is 10.5 Å². The normalized spacial score (nSPS) is 12.3. The molecule has 7 rings (SSSR count). The predicted molar refractivity (Wildman–Crippen MR) is 211 cm³/mol. The van der Waals surface area contributed by atoms with Crippen molar-refractivity contribution in [1.82, 2.24) is 8.75 Å². The van der Waals surface area contributed by atoms with Crippen molar-refractivity contribution in [2.24, 2.45) is 0 Å². The van der Waals surface area contributed by atoms with E-state index in [4.69, 9.17) is 8.75 Å². The number of nitriles is 2. The molecular weight excluding hydrogens is 735 g/mol. The average Bonchev–Trinajstić information content (AvgIpc) is 3.96. The minimum atomic E-state index is -0.239. The molecule has 0 aliphatic carbocycles. The highest BCUT2D eigenvalue weighted by molar-refractivity contribution is 8.25. The first-order valence-electron chi connectivity index (χ1n) is 16.9. The summed E-state index contributed by atoms with van der Waals surface area (Å²) in [5.41, 5.74) is 6.28. The second kappa shape index (κ2) is 15.8. The number of rotatable bonds is 12. The molecule has 3 aromatic carbocycles. The lowest BCUT2D eigenvalue weighted by atomic mass is 10.0. The maximum absolute atomic E-state index is 15.5. The summed E-state index contributed by atoms with van der Waals surface area (Å²) in [6.45, 7) is 4.32. The molecule has 4 heterocycles. The van der Waals surface area contributed by atoms with E-state index in [1.807, 2.05) is 48.5 Å². The van der Waals surface area contributed by atoms with Gasteiger partial charge in [0.2, 0.25) is 0 Å². The van der Waals surface area contributed by atoms with Crippen molar-refractivity contribution in [3.8, 4) is 53.9 Å². The summed E-state index contributed by atoms with van der Waals surface area (Å²) < 4.78 is 41.1. The van der Waals surface area contributed by atoms with Gasteiger partial charge in [0.15, 0.2) is 0 Å². The monoisotopic (exact) mass is 766 g/mol. The molecule has 0 saturated heterocycles. The van der Waals surface area contributed by atoms with E-state index in [0.717, 1.165) is 115 Å². The Kier molecular flexibility index (Phi) is 11.0. The molecule has 1 aliphatic rings. The molecule has 0 fully saturated rings. The minimum absolute atomic E-state index is 0.0439. The summed E-state index contributed by atoms with van der Waals surface area (Å²) in [6.07, 6.45) is 8.29. The van der Waals surface area contributed by atoms with E-state index in [-0.39, 0.29) is 17.2 Å². The Labute approximate surface area is 317 Å². The Hall–Kier alpha value is -3.84. The average molecular weight is 767 g/mol. The largest absolute Gasteiger partial charge is 0.206 e. The summed E-state index contributed by atoms with van der Waals surface area (Å²) in [5.74, 6) is -0.477. The number of allylic oxidation sites excluding steroid dienone is 1. The fraction of sp³-hybridized carbons (Fsp3) is 0.250. The lowest BCUT2D eigenvalue weighted by molar-refractivity contribution is 0.626. The molecule has 11 heteroatoms. The van der Waals surface area contributed by atoms with Crippen LogP contribution < -0.4 is 0 Å². The number of hydrogen-bond donors (Lipinski definition) is 0. The molecule has 0 spiro atoms. The molecule has 3 aromatic heterocycles. The van der Waals surface area contributed by atoms with Crippen LogP contribution in [0.3, 0.4) is 0 Å². The summed E-state index contributed by atoms with van der Waals surface area (Å²) >= 11 is 6.87. The highest BCUT2D eigenvalue weighted by Gasteiger charge is 2.33. The highest BCUT2D eigenvalue weighted by Crippen LogP contribution is 2.62. The van der Waals surface area contributed by atoms with Gasteiger partial charge in [-0.3, -0.25) is 0 Å². The van der Waals surface area contributed by atoms with Crippen LogP contribution in [0.25, 0.3) is 52.8 Å². The molecule has 0 radical (unpaired) electrons. The van der Waals surface area contributed by atoms with Gasteiger partial charge in [0.05, 0.1) is 16.0 Å². The smallest absolute Gasteiger partial charge is 0.150 e. The summed E-state index contributed by atoms with van der Waals surface area (Å²) in [5, 5.41) is 19.6. The third kappa shape index (κ3) is 7.16. The number of halogens is 2. The van der Waals surface area contributed by atoms with Crippen LogP contribution in [0.2, 0.25) is 0 Å². The van der Waals surface area contributed by atoms with Crippen LogP contribution >= 0.6 is 57.9 Å². The van der Waals surface area contributed by atoms with Gasteiger partial charge in [0.1, 0.15) is 40.4 Å².